The van der Waals surface area contributed by atoms with Crippen LogP contribution in [0.1, 0.15) is 39.5 Å². The first-order valence-corrected chi connectivity index (χ1v) is 5.91. The maximum Gasteiger partial charge on any atom is 0.320 e. The minimum absolute atomic E-state index is 0.420. The molecule has 0 aromatic heterocycles. The van der Waals surface area contributed by atoms with Gasteiger partial charge in [-0.2, -0.15) is 0 Å². The standard InChI is InChI=1S/C12H21NO2/c1-12(2)8-3-4-9(12)7(5-8)6-10(13)11(14)15/h7-10H,3-6,13H2,1-2H3,(H,14,15)/t7?,8?,9?,10-/m1/s1. The molecule has 2 saturated carbocycles. The van der Waals surface area contributed by atoms with Gasteiger partial charge in [0.1, 0.15) is 6.04 Å². The highest BCUT2D eigenvalue weighted by Gasteiger charge is 2.53. The van der Waals surface area contributed by atoms with E-state index in [2.05, 4.69) is 13.8 Å². The highest BCUT2D eigenvalue weighted by Crippen LogP contribution is 2.61. The van der Waals surface area contributed by atoms with Crippen molar-refractivity contribution < 1.29 is 9.90 Å². The Morgan fingerprint density at radius 2 is 2.20 bits per heavy atom. The maximum absolute atomic E-state index is 10.7. The molecule has 2 aliphatic rings. The van der Waals surface area contributed by atoms with Crippen LogP contribution in [0.4, 0.5) is 0 Å². The number of aliphatic carboxylic acids is 1. The van der Waals surface area contributed by atoms with Crippen LogP contribution in [0.5, 0.6) is 0 Å². The maximum atomic E-state index is 10.7. The molecule has 2 bridgehead atoms. The van der Waals surface area contributed by atoms with Gasteiger partial charge >= 0.3 is 5.97 Å². The van der Waals surface area contributed by atoms with E-state index >= 15 is 0 Å². The molecule has 0 amide bonds. The first-order chi connectivity index (χ1) is 6.93. The minimum atomic E-state index is -0.851. The van der Waals surface area contributed by atoms with Gasteiger partial charge in [0.15, 0.2) is 0 Å². The van der Waals surface area contributed by atoms with E-state index in [4.69, 9.17) is 10.8 Å². The van der Waals surface area contributed by atoms with Crippen molar-refractivity contribution >= 4 is 5.97 Å². The van der Waals surface area contributed by atoms with Crippen LogP contribution in [-0.4, -0.2) is 17.1 Å². The largest absolute Gasteiger partial charge is 0.480 e. The van der Waals surface area contributed by atoms with Gasteiger partial charge in [-0.05, 0) is 48.9 Å². The molecule has 2 aliphatic carbocycles. The Balaban J connectivity index is 2.00. The number of carbonyl (C=O) groups is 1. The molecular weight excluding hydrogens is 190 g/mol. The van der Waals surface area contributed by atoms with Crippen LogP contribution in [0.15, 0.2) is 0 Å². The van der Waals surface area contributed by atoms with Crippen molar-refractivity contribution in [1.82, 2.24) is 0 Å². The lowest BCUT2D eigenvalue weighted by atomic mass is 9.78. The third kappa shape index (κ3) is 1.67. The summed E-state index contributed by atoms with van der Waals surface area (Å²) in [5.41, 5.74) is 6.04. The van der Waals surface area contributed by atoms with Crippen molar-refractivity contribution in [3.63, 3.8) is 0 Å². The average Bonchev–Trinajstić information content (AvgIpc) is 2.54. The molecule has 0 aromatic rings. The fourth-order valence-corrected chi connectivity index (χ4v) is 3.91. The third-order valence-electron chi connectivity index (χ3n) is 4.86. The van der Waals surface area contributed by atoms with Crippen LogP contribution in [0.2, 0.25) is 0 Å². The molecule has 4 atom stereocenters. The summed E-state index contributed by atoms with van der Waals surface area (Å²) in [5, 5.41) is 8.82. The molecule has 15 heavy (non-hydrogen) atoms. The van der Waals surface area contributed by atoms with Crippen molar-refractivity contribution in [2.75, 3.05) is 0 Å². The highest BCUT2D eigenvalue weighted by atomic mass is 16.4. The molecular formula is C12H21NO2. The van der Waals surface area contributed by atoms with Gasteiger partial charge in [-0.15, -0.1) is 0 Å². The van der Waals surface area contributed by atoms with Crippen molar-refractivity contribution in [2.24, 2.45) is 28.9 Å². The summed E-state index contributed by atoms with van der Waals surface area (Å²) < 4.78 is 0. The number of fused-ring (bicyclic) bond motifs is 2. The molecule has 2 fully saturated rings. The van der Waals surface area contributed by atoms with E-state index in [0.717, 1.165) is 5.92 Å². The summed E-state index contributed by atoms with van der Waals surface area (Å²) in [7, 11) is 0. The number of hydrogen-bond acceptors (Lipinski definition) is 2. The van der Waals surface area contributed by atoms with Crippen LogP contribution < -0.4 is 5.73 Å². The van der Waals surface area contributed by atoms with Crippen LogP contribution in [0, 0.1) is 23.2 Å². The zero-order valence-corrected chi connectivity index (χ0v) is 9.57. The van der Waals surface area contributed by atoms with E-state index < -0.39 is 12.0 Å². The Morgan fingerprint density at radius 1 is 1.53 bits per heavy atom. The Kier molecular flexibility index (Phi) is 2.53. The van der Waals surface area contributed by atoms with E-state index in [1.807, 2.05) is 0 Å². The first kappa shape index (κ1) is 10.9. The predicted molar refractivity (Wildman–Crippen MR) is 58.3 cm³/mol. The van der Waals surface area contributed by atoms with Crippen LogP contribution in [-0.2, 0) is 4.79 Å². The van der Waals surface area contributed by atoms with Gasteiger partial charge in [0.2, 0.25) is 0 Å². The lowest BCUT2D eigenvalue weighted by molar-refractivity contribution is -0.139. The monoisotopic (exact) mass is 211 g/mol. The molecule has 2 rings (SSSR count). The summed E-state index contributed by atoms with van der Waals surface area (Å²) in [6.45, 7) is 4.67. The predicted octanol–water partition coefficient (Wildman–Crippen LogP) is 1.86. The van der Waals surface area contributed by atoms with Gasteiger partial charge < -0.3 is 10.8 Å². The van der Waals surface area contributed by atoms with Gasteiger partial charge in [0, 0.05) is 0 Å². The lowest BCUT2D eigenvalue weighted by Crippen LogP contribution is -2.34. The third-order valence-corrected chi connectivity index (χ3v) is 4.86. The molecule has 0 heterocycles. The zero-order valence-electron chi connectivity index (χ0n) is 9.57. The number of nitrogens with two attached hydrogens (primary N) is 1. The van der Waals surface area contributed by atoms with Crippen molar-refractivity contribution in [3.05, 3.63) is 0 Å². The molecule has 3 N–H and O–H groups in total. The molecule has 3 nitrogen and oxygen atoms in total. The molecule has 0 spiro atoms. The van der Waals surface area contributed by atoms with Gasteiger partial charge in [0.25, 0.3) is 0 Å². The minimum Gasteiger partial charge on any atom is -0.480 e. The normalized spacial score (nSPS) is 39.3. The van der Waals surface area contributed by atoms with E-state index in [0.29, 0.717) is 23.7 Å². The first-order valence-electron chi connectivity index (χ1n) is 5.91. The second kappa shape index (κ2) is 3.48. The molecule has 3 heteroatoms. The van der Waals surface area contributed by atoms with E-state index in [1.165, 1.54) is 19.3 Å². The van der Waals surface area contributed by atoms with Gasteiger partial charge in [0.05, 0.1) is 0 Å². The molecule has 0 saturated heterocycles. The second-order valence-corrected chi connectivity index (χ2v) is 5.88. The number of carboxylic acids is 1. The van der Waals surface area contributed by atoms with Gasteiger partial charge in [-0.25, -0.2) is 0 Å². The van der Waals surface area contributed by atoms with Crippen molar-refractivity contribution in [2.45, 2.75) is 45.6 Å². The summed E-state index contributed by atoms with van der Waals surface area (Å²) in [5.74, 6) is 1.20. The Morgan fingerprint density at radius 3 is 2.60 bits per heavy atom. The fraction of sp³-hybridized carbons (Fsp3) is 0.917. The molecule has 0 radical (unpaired) electrons. The molecule has 3 unspecified atom stereocenters. The van der Waals surface area contributed by atoms with E-state index in [-0.39, 0.29) is 0 Å². The summed E-state index contributed by atoms with van der Waals surface area (Å²) in [4.78, 5) is 10.7. The number of hydrogen-bond donors (Lipinski definition) is 2. The lowest BCUT2D eigenvalue weighted by Gasteiger charge is -2.27. The molecule has 86 valence electrons. The molecule has 0 aromatic carbocycles. The zero-order chi connectivity index (χ0) is 11.2. The Bertz CT molecular complexity index is 275. The Labute approximate surface area is 91.0 Å². The van der Waals surface area contributed by atoms with Gasteiger partial charge in [-0.3, -0.25) is 4.79 Å². The summed E-state index contributed by atoms with van der Waals surface area (Å²) >= 11 is 0. The molecule has 0 aliphatic heterocycles. The van der Waals surface area contributed by atoms with Crippen molar-refractivity contribution in [3.8, 4) is 0 Å². The second-order valence-electron chi connectivity index (χ2n) is 5.88. The Hall–Kier alpha value is -0.570. The van der Waals surface area contributed by atoms with Crippen LogP contribution in [0.3, 0.4) is 0 Å². The SMILES string of the molecule is CC1(C)C2CCC1C(C[C@@H](N)C(=O)O)C2. The topological polar surface area (TPSA) is 63.3 Å². The van der Waals surface area contributed by atoms with E-state index in [1.54, 1.807) is 0 Å². The summed E-state index contributed by atoms with van der Waals surface area (Å²) in [6, 6.07) is -0.662. The van der Waals surface area contributed by atoms with Crippen LogP contribution >= 0.6 is 0 Å². The van der Waals surface area contributed by atoms with Crippen molar-refractivity contribution in [1.29, 1.82) is 0 Å². The fourth-order valence-electron chi connectivity index (χ4n) is 3.91. The summed E-state index contributed by atoms with van der Waals surface area (Å²) in [6.07, 6.45) is 4.46. The highest BCUT2D eigenvalue weighted by molar-refractivity contribution is 5.73. The smallest absolute Gasteiger partial charge is 0.320 e. The quantitative estimate of drug-likeness (QED) is 0.749. The number of rotatable bonds is 3. The number of carboxylic acid groups (broad SMARTS) is 1. The van der Waals surface area contributed by atoms with Gasteiger partial charge in [-0.1, -0.05) is 13.8 Å². The van der Waals surface area contributed by atoms with Crippen LogP contribution in [0.25, 0.3) is 0 Å². The average molecular weight is 211 g/mol. The van der Waals surface area contributed by atoms with E-state index in [9.17, 15) is 4.79 Å².